The summed E-state index contributed by atoms with van der Waals surface area (Å²) in [5, 5.41) is 8.37. The van der Waals surface area contributed by atoms with Crippen molar-refractivity contribution in [2.75, 3.05) is 10.7 Å². The fourth-order valence-electron chi connectivity index (χ4n) is 1.29. The number of sulfonamides is 1. The summed E-state index contributed by atoms with van der Waals surface area (Å²) in [6.07, 6.45) is 0.644. The Kier molecular flexibility index (Phi) is 5.78. The Balaban J connectivity index is 3.17. The summed E-state index contributed by atoms with van der Waals surface area (Å²) in [7, 11) is -2.16. The molecule has 0 unspecified atom stereocenters. The third-order valence-corrected chi connectivity index (χ3v) is 7.14. The summed E-state index contributed by atoms with van der Waals surface area (Å²) in [5.74, 6) is 0. The van der Waals surface area contributed by atoms with Crippen LogP contribution >= 0.6 is 47.8 Å². The van der Waals surface area contributed by atoms with Gasteiger partial charge < -0.3 is 0 Å². The molecule has 0 radical (unpaired) electrons. The van der Waals surface area contributed by atoms with Crippen LogP contribution in [0.15, 0.2) is 9.63 Å². The van der Waals surface area contributed by atoms with Crippen LogP contribution in [0.4, 0.5) is 0 Å². The molecule has 0 amide bonds. The van der Waals surface area contributed by atoms with Crippen molar-refractivity contribution in [1.82, 2.24) is 19.7 Å². The zero-order chi connectivity index (χ0) is 14.0. The van der Waals surface area contributed by atoms with E-state index in [1.807, 2.05) is 6.92 Å². The zero-order valence-corrected chi connectivity index (χ0v) is 15.4. The van der Waals surface area contributed by atoms with E-state index in [2.05, 4.69) is 62.8 Å². The molecule has 18 heavy (non-hydrogen) atoms. The van der Waals surface area contributed by atoms with Crippen LogP contribution in [0.1, 0.15) is 13.3 Å². The number of nitrogens with one attached hydrogen (secondary N) is 1. The quantitative estimate of drug-likeness (QED) is 0.646. The van der Waals surface area contributed by atoms with E-state index in [4.69, 9.17) is 0 Å². The van der Waals surface area contributed by atoms with Crippen LogP contribution in [-0.2, 0) is 17.1 Å². The molecule has 1 aromatic heterocycles. The lowest BCUT2D eigenvalue weighted by Crippen LogP contribution is -2.51. The van der Waals surface area contributed by atoms with Gasteiger partial charge in [-0.3, -0.25) is 0 Å². The number of aryl methyl sites for hydroxylation is 1. The fraction of sp³-hybridized carbons (Fsp3) is 0.750. The molecule has 0 saturated carbocycles. The first-order chi connectivity index (χ1) is 8.32. The number of hydrogen-bond acceptors (Lipinski definition) is 4. The van der Waals surface area contributed by atoms with Crippen LogP contribution < -0.4 is 4.72 Å². The van der Waals surface area contributed by atoms with Crippen molar-refractivity contribution in [3.05, 3.63) is 4.60 Å². The Morgan fingerprint density at radius 3 is 2.28 bits per heavy atom. The summed E-state index contributed by atoms with van der Waals surface area (Å²) in [6, 6.07) is 0. The van der Waals surface area contributed by atoms with E-state index in [0.29, 0.717) is 17.1 Å². The molecule has 0 aliphatic carbocycles. The topological polar surface area (TPSA) is 76.9 Å². The maximum absolute atomic E-state index is 12.3. The van der Waals surface area contributed by atoms with Gasteiger partial charge in [0.1, 0.15) is 0 Å². The third-order valence-electron chi connectivity index (χ3n) is 2.53. The summed E-state index contributed by atoms with van der Waals surface area (Å²) in [4.78, 5) is 0. The van der Waals surface area contributed by atoms with Crippen molar-refractivity contribution in [1.29, 1.82) is 0 Å². The van der Waals surface area contributed by atoms with Gasteiger partial charge >= 0.3 is 0 Å². The van der Waals surface area contributed by atoms with Gasteiger partial charge in [-0.2, -0.15) is 0 Å². The minimum Gasteiger partial charge on any atom is -0.235 e. The van der Waals surface area contributed by atoms with Gasteiger partial charge in [-0.05, 0) is 22.4 Å². The summed E-state index contributed by atoms with van der Waals surface area (Å²) < 4.78 is 28.8. The molecule has 0 aliphatic rings. The maximum Gasteiger partial charge on any atom is 0.261 e. The second-order valence-electron chi connectivity index (χ2n) is 3.82. The number of aromatic nitrogens is 3. The predicted molar refractivity (Wildman–Crippen MR) is 79.6 cm³/mol. The second kappa shape index (κ2) is 6.29. The highest BCUT2D eigenvalue weighted by Gasteiger charge is 2.34. The van der Waals surface area contributed by atoms with Gasteiger partial charge in [0.25, 0.3) is 10.0 Å². The van der Waals surface area contributed by atoms with Gasteiger partial charge in [0.15, 0.2) is 4.60 Å². The molecule has 0 spiro atoms. The Morgan fingerprint density at radius 1 is 1.39 bits per heavy atom. The molecule has 0 bridgehead atoms. The number of hydrogen-bond donors (Lipinski definition) is 1. The Labute approximate surface area is 131 Å². The van der Waals surface area contributed by atoms with Crippen LogP contribution in [0.2, 0.25) is 0 Å². The lowest BCUT2D eigenvalue weighted by atomic mass is 10.0. The average molecular weight is 469 g/mol. The second-order valence-corrected chi connectivity index (χ2v) is 7.29. The molecular weight excluding hydrogens is 456 g/mol. The largest absolute Gasteiger partial charge is 0.261 e. The van der Waals surface area contributed by atoms with Crippen molar-refractivity contribution in [3.63, 3.8) is 0 Å². The lowest BCUT2D eigenvalue weighted by Gasteiger charge is -2.29. The molecule has 0 aromatic carbocycles. The van der Waals surface area contributed by atoms with Crippen molar-refractivity contribution < 1.29 is 8.42 Å². The normalized spacial score (nSPS) is 12.9. The third kappa shape index (κ3) is 3.33. The molecule has 6 nitrogen and oxygen atoms in total. The lowest BCUT2D eigenvalue weighted by molar-refractivity contribution is 0.455. The van der Waals surface area contributed by atoms with E-state index >= 15 is 0 Å². The molecule has 104 valence electrons. The molecule has 1 aromatic rings. The highest BCUT2D eigenvalue weighted by Crippen LogP contribution is 2.23. The SMILES string of the molecule is CCC(CBr)(CBr)NS(=O)(=O)c1c(Br)nnn1C. The van der Waals surface area contributed by atoms with Crippen LogP contribution in [-0.4, -0.2) is 39.6 Å². The summed E-state index contributed by atoms with van der Waals surface area (Å²) in [5.41, 5.74) is -0.581. The first-order valence-corrected chi connectivity index (χ1v) is 9.55. The van der Waals surface area contributed by atoms with Crippen LogP contribution in [0, 0.1) is 0 Å². The van der Waals surface area contributed by atoms with Crippen LogP contribution in [0.25, 0.3) is 0 Å². The highest BCUT2D eigenvalue weighted by molar-refractivity contribution is 9.10. The molecule has 10 heteroatoms. The van der Waals surface area contributed by atoms with E-state index in [1.165, 1.54) is 11.7 Å². The van der Waals surface area contributed by atoms with Gasteiger partial charge in [0.2, 0.25) is 5.03 Å². The highest BCUT2D eigenvalue weighted by atomic mass is 79.9. The van der Waals surface area contributed by atoms with Crippen molar-refractivity contribution in [2.45, 2.75) is 23.9 Å². The summed E-state index contributed by atoms with van der Waals surface area (Å²) >= 11 is 9.77. The first kappa shape index (κ1) is 16.5. The van der Waals surface area contributed by atoms with Crippen molar-refractivity contribution in [2.24, 2.45) is 7.05 Å². The van der Waals surface area contributed by atoms with Crippen LogP contribution in [0.5, 0.6) is 0 Å². The number of rotatable bonds is 6. The molecule has 0 saturated heterocycles. The van der Waals surface area contributed by atoms with E-state index < -0.39 is 15.6 Å². The molecular formula is C8H13Br3N4O2S. The standard InChI is InChI=1S/C8H13Br3N4O2S/c1-3-8(4-9,5-10)13-18(16,17)7-6(11)12-14-15(7)2/h13H,3-5H2,1-2H3. The molecule has 1 heterocycles. The molecule has 1 N–H and O–H groups in total. The van der Waals surface area contributed by atoms with E-state index in [-0.39, 0.29) is 9.63 Å². The molecule has 0 fully saturated rings. The van der Waals surface area contributed by atoms with Gasteiger partial charge in [-0.1, -0.05) is 44.0 Å². The molecule has 1 rings (SSSR count). The minimum absolute atomic E-state index is 0.0159. The van der Waals surface area contributed by atoms with Crippen molar-refractivity contribution >= 4 is 57.8 Å². The maximum atomic E-state index is 12.3. The van der Waals surface area contributed by atoms with E-state index in [0.717, 1.165) is 0 Å². The van der Waals surface area contributed by atoms with Crippen molar-refractivity contribution in [3.8, 4) is 0 Å². The Morgan fingerprint density at radius 2 is 1.94 bits per heavy atom. The Hall–Kier alpha value is 0.490. The van der Waals surface area contributed by atoms with Gasteiger partial charge in [-0.15, -0.1) is 5.10 Å². The Bertz CT molecular complexity index is 485. The molecule has 0 atom stereocenters. The smallest absolute Gasteiger partial charge is 0.235 e. The minimum atomic E-state index is -3.69. The number of halogens is 3. The predicted octanol–water partition coefficient (Wildman–Crippen LogP) is 1.79. The first-order valence-electron chi connectivity index (χ1n) is 5.03. The van der Waals surface area contributed by atoms with E-state index in [1.54, 1.807) is 0 Å². The monoisotopic (exact) mass is 466 g/mol. The fourth-order valence-corrected chi connectivity index (χ4v) is 6.24. The average Bonchev–Trinajstić information content (AvgIpc) is 2.67. The molecule has 0 aliphatic heterocycles. The van der Waals surface area contributed by atoms with E-state index in [9.17, 15) is 8.42 Å². The van der Waals surface area contributed by atoms with Crippen LogP contribution in [0.3, 0.4) is 0 Å². The zero-order valence-electron chi connectivity index (χ0n) is 9.82. The number of nitrogens with zero attached hydrogens (tertiary/aromatic N) is 3. The summed E-state index contributed by atoms with van der Waals surface area (Å²) in [6.45, 7) is 1.92. The van der Waals surface area contributed by atoms with Gasteiger partial charge in [0.05, 0.1) is 5.54 Å². The van der Waals surface area contributed by atoms with Gasteiger partial charge in [0, 0.05) is 17.7 Å². The number of alkyl halides is 2. The van der Waals surface area contributed by atoms with Gasteiger partial charge in [-0.25, -0.2) is 17.8 Å².